The van der Waals surface area contributed by atoms with Gasteiger partial charge < -0.3 is 4.42 Å². The van der Waals surface area contributed by atoms with Crippen LogP contribution in [0.4, 0.5) is 0 Å². The molecule has 0 saturated heterocycles. The van der Waals surface area contributed by atoms with Gasteiger partial charge in [-0.05, 0) is 29.7 Å². The Morgan fingerprint density at radius 1 is 1.35 bits per heavy atom. The maximum atomic E-state index is 11.9. The van der Waals surface area contributed by atoms with Crippen molar-refractivity contribution in [2.24, 2.45) is 11.0 Å². The summed E-state index contributed by atoms with van der Waals surface area (Å²) < 4.78 is 5.69. The second kappa shape index (κ2) is 6.91. The van der Waals surface area contributed by atoms with Crippen molar-refractivity contribution < 1.29 is 9.21 Å². The lowest BCUT2D eigenvalue weighted by molar-refractivity contribution is -0.122. The molecule has 1 fully saturated rings. The average molecular weight is 350 g/mol. The van der Waals surface area contributed by atoms with Crippen LogP contribution in [0, 0.1) is 5.92 Å². The van der Waals surface area contributed by atoms with Crippen molar-refractivity contribution in [2.45, 2.75) is 25.8 Å². The monoisotopic (exact) mass is 350 g/mol. The summed E-state index contributed by atoms with van der Waals surface area (Å²) in [7, 11) is 0. The van der Waals surface area contributed by atoms with Crippen molar-refractivity contribution in [1.29, 1.82) is 0 Å². The van der Waals surface area contributed by atoms with Gasteiger partial charge >= 0.3 is 0 Å². The predicted molar refractivity (Wildman–Crippen MR) is 94.2 cm³/mol. The van der Waals surface area contributed by atoms with E-state index in [2.05, 4.69) is 32.9 Å². The standard InChI is InChI=1S/C18H18N6O2/c1-12-9-15(12)16-8-7-14(26-16)10-19-20-17(25)11-24-22-18(21-23-24)13-5-3-2-4-6-13/h2-8,10,12,15H,9,11H2,1H3,(H,20,25)/b19-10-/t12-,15+/m0/s1. The predicted octanol–water partition coefficient (Wildman–Crippen LogP) is 2.21. The maximum Gasteiger partial charge on any atom is 0.263 e. The number of amides is 1. The van der Waals surface area contributed by atoms with Gasteiger partial charge in [0.05, 0.1) is 6.21 Å². The molecule has 26 heavy (non-hydrogen) atoms. The quantitative estimate of drug-likeness (QED) is 0.543. The van der Waals surface area contributed by atoms with E-state index in [1.54, 1.807) is 0 Å². The Kier molecular flexibility index (Phi) is 4.30. The van der Waals surface area contributed by atoms with Crippen molar-refractivity contribution in [3.63, 3.8) is 0 Å². The molecule has 1 aromatic carbocycles. The van der Waals surface area contributed by atoms with Crippen LogP contribution in [0.3, 0.4) is 0 Å². The minimum Gasteiger partial charge on any atom is -0.460 e. The lowest BCUT2D eigenvalue weighted by Gasteiger charge is -1.97. The fourth-order valence-electron chi connectivity index (χ4n) is 2.70. The number of furan rings is 1. The molecule has 0 bridgehead atoms. The molecule has 8 nitrogen and oxygen atoms in total. The third-order valence-corrected chi connectivity index (χ3v) is 4.27. The van der Waals surface area contributed by atoms with E-state index in [4.69, 9.17) is 4.42 Å². The molecule has 4 rings (SSSR count). The number of hydrogen-bond acceptors (Lipinski definition) is 6. The molecule has 1 aliphatic rings. The van der Waals surface area contributed by atoms with Crippen molar-refractivity contribution in [3.8, 4) is 11.4 Å². The van der Waals surface area contributed by atoms with Gasteiger partial charge in [-0.15, -0.1) is 10.2 Å². The number of hydrogen-bond donors (Lipinski definition) is 1. The van der Waals surface area contributed by atoms with E-state index in [0.29, 0.717) is 23.4 Å². The fraction of sp³-hybridized carbons (Fsp3) is 0.278. The molecule has 2 atom stereocenters. The molecule has 8 heteroatoms. The van der Waals surface area contributed by atoms with Gasteiger partial charge in [-0.3, -0.25) is 4.79 Å². The molecule has 132 valence electrons. The van der Waals surface area contributed by atoms with E-state index >= 15 is 0 Å². The second-order valence-corrected chi connectivity index (χ2v) is 6.36. The summed E-state index contributed by atoms with van der Waals surface area (Å²) in [6.45, 7) is 2.13. The van der Waals surface area contributed by atoms with Gasteiger partial charge in [0.1, 0.15) is 18.1 Å². The van der Waals surface area contributed by atoms with Crippen LogP contribution in [0.25, 0.3) is 11.4 Å². The molecule has 1 saturated carbocycles. The van der Waals surface area contributed by atoms with Crippen LogP contribution in [-0.4, -0.2) is 32.3 Å². The topological polar surface area (TPSA) is 98.2 Å². The Labute approximate surface area is 149 Å². The van der Waals surface area contributed by atoms with E-state index in [9.17, 15) is 4.79 Å². The molecule has 0 aliphatic heterocycles. The summed E-state index contributed by atoms with van der Waals surface area (Å²) in [6, 6.07) is 13.3. The molecule has 1 aliphatic carbocycles. The molecule has 3 aromatic rings. The first-order valence-electron chi connectivity index (χ1n) is 8.44. The first-order valence-corrected chi connectivity index (χ1v) is 8.44. The number of nitrogens with one attached hydrogen (secondary N) is 1. The minimum atomic E-state index is -0.346. The van der Waals surface area contributed by atoms with Crippen molar-refractivity contribution in [3.05, 3.63) is 54.0 Å². The van der Waals surface area contributed by atoms with Crippen LogP contribution in [0.2, 0.25) is 0 Å². The SMILES string of the molecule is C[C@H]1C[C@H]1c1ccc(/C=N\NC(=O)Cn2nnc(-c3ccccc3)n2)o1. The van der Waals surface area contributed by atoms with Crippen molar-refractivity contribution in [1.82, 2.24) is 25.6 Å². The van der Waals surface area contributed by atoms with Crippen LogP contribution in [0.15, 0.2) is 52.0 Å². The summed E-state index contributed by atoms with van der Waals surface area (Å²) >= 11 is 0. The van der Waals surface area contributed by atoms with E-state index in [-0.39, 0.29) is 12.5 Å². The summed E-state index contributed by atoms with van der Waals surface area (Å²) in [5, 5.41) is 15.9. The van der Waals surface area contributed by atoms with Crippen LogP contribution in [0.1, 0.15) is 30.8 Å². The number of nitrogens with zero attached hydrogens (tertiary/aromatic N) is 5. The molecule has 0 spiro atoms. The Bertz CT molecular complexity index is 930. The number of hydrazone groups is 1. The van der Waals surface area contributed by atoms with Gasteiger partial charge in [-0.25, -0.2) is 5.43 Å². The Hall–Kier alpha value is -3.29. The highest BCUT2D eigenvalue weighted by Gasteiger charge is 2.36. The van der Waals surface area contributed by atoms with Crippen LogP contribution in [0.5, 0.6) is 0 Å². The average Bonchev–Trinajstić information content (AvgIpc) is 3.03. The van der Waals surface area contributed by atoms with Crippen molar-refractivity contribution >= 4 is 12.1 Å². The van der Waals surface area contributed by atoms with Crippen LogP contribution >= 0.6 is 0 Å². The minimum absolute atomic E-state index is 0.0693. The number of aromatic nitrogens is 4. The van der Waals surface area contributed by atoms with E-state index in [0.717, 1.165) is 17.7 Å². The summed E-state index contributed by atoms with van der Waals surface area (Å²) in [6.07, 6.45) is 2.65. The zero-order valence-electron chi connectivity index (χ0n) is 14.2. The number of benzene rings is 1. The van der Waals surface area contributed by atoms with Gasteiger partial charge in [0.15, 0.2) is 0 Å². The van der Waals surface area contributed by atoms with Gasteiger partial charge in [-0.1, -0.05) is 37.3 Å². The van der Waals surface area contributed by atoms with E-state index < -0.39 is 0 Å². The molecule has 2 aromatic heterocycles. The molecular weight excluding hydrogens is 332 g/mol. The Balaban J connectivity index is 1.30. The number of carbonyl (C=O) groups is 1. The maximum absolute atomic E-state index is 11.9. The normalized spacial score (nSPS) is 19.0. The van der Waals surface area contributed by atoms with E-state index in [1.165, 1.54) is 11.0 Å². The van der Waals surface area contributed by atoms with Gasteiger partial charge in [0.2, 0.25) is 5.82 Å². The lowest BCUT2D eigenvalue weighted by Crippen LogP contribution is -2.24. The molecule has 2 heterocycles. The molecule has 1 amide bonds. The van der Waals surface area contributed by atoms with Gasteiger partial charge in [0.25, 0.3) is 5.91 Å². The molecule has 1 N–H and O–H groups in total. The van der Waals surface area contributed by atoms with Crippen molar-refractivity contribution in [2.75, 3.05) is 0 Å². The highest BCUT2D eigenvalue weighted by molar-refractivity contribution is 5.80. The zero-order chi connectivity index (χ0) is 17.9. The number of carbonyl (C=O) groups excluding carboxylic acids is 1. The molecular formula is C18H18N6O2. The largest absolute Gasteiger partial charge is 0.460 e. The van der Waals surface area contributed by atoms with Crippen LogP contribution in [-0.2, 0) is 11.3 Å². The fourth-order valence-corrected chi connectivity index (χ4v) is 2.70. The summed E-state index contributed by atoms with van der Waals surface area (Å²) in [5.41, 5.74) is 3.28. The number of tetrazole rings is 1. The van der Waals surface area contributed by atoms with Gasteiger partial charge in [-0.2, -0.15) is 9.90 Å². The second-order valence-electron chi connectivity index (χ2n) is 6.36. The lowest BCUT2D eigenvalue weighted by atomic mass is 10.2. The Morgan fingerprint density at radius 2 is 2.15 bits per heavy atom. The molecule has 0 unspecified atom stereocenters. The third kappa shape index (κ3) is 3.69. The first-order chi connectivity index (χ1) is 12.7. The highest BCUT2D eigenvalue weighted by Crippen LogP contribution is 2.47. The first kappa shape index (κ1) is 16.2. The number of rotatable bonds is 6. The third-order valence-electron chi connectivity index (χ3n) is 4.27. The van der Waals surface area contributed by atoms with Crippen LogP contribution < -0.4 is 5.43 Å². The summed E-state index contributed by atoms with van der Waals surface area (Å²) in [5.74, 6) is 2.92. The van der Waals surface area contributed by atoms with Gasteiger partial charge in [0, 0.05) is 11.5 Å². The smallest absolute Gasteiger partial charge is 0.263 e. The Morgan fingerprint density at radius 3 is 2.92 bits per heavy atom. The summed E-state index contributed by atoms with van der Waals surface area (Å²) in [4.78, 5) is 13.2. The highest BCUT2D eigenvalue weighted by atomic mass is 16.3. The zero-order valence-corrected chi connectivity index (χ0v) is 14.2. The molecule has 0 radical (unpaired) electrons. The van der Waals surface area contributed by atoms with E-state index in [1.807, 2.05) is 42.5 Å².